The summed E-state index contributed by atoms with van der Waals surface area (Å²) >= 11 is 3.42. The lowest BCUT2D eigenvalue weighted by Gasteiger charge is -2.18. The molecule has 1 fully saturated rings. The van der Waals surface area contributed by atoms with Crippen molar-refractivity contribution in [1.82, 2.24) is 0 Å². The molecule has 6 nitrogen and oxygen atoms in total. The molecule has 0 radical (unpaired) electrons. The highest BCUT2D eigenvalue weighted by molar-refractivity contribution is 9.10. The van der Waals surface area contributed by atoms with Gasteiger partial charge in [0.2, 0.25) is 5.91 Å². The number of hydrogen-bond acceptors (Lipinski definition) is 4. The fourth-order valence-electron chi connectivity index (χ4n) is 3.50. The summed E-state index contributed by atoms with van der Waals surface area (Å²) in [5.74, 6) is -1.64. The Kier molecular flexibility index (Phi) is 6.37. The number of halogens is 1. The Labute approximate surface area is 178 Å². The molecule has 1 aliphatic rings. The SMILES string of the molecule is Cc1ccccc1N1CC(C(=O)OCC(=O)Nc2c(C)cc(Br)cc2C)CC1=O. The van der Waals surface area contributed by atoms with Gasteiger partial charge in [0.15, 0.2) is 6.61 Å². The van der Waals surface area contributed by atoms with Crippen molar-refractivity contribution >= 4 is 45.1 Å². The summed E-state index contributed by atoms with van der Waals surface area (Å²) in [6.07, 6.45) is 0.0831. The number of para-hydroxylation sites is 1. The molecule has 0 aliphatic carbocycles. The third-order valence-corrected chi connectivity index (χ3v) is 5.43. The first-order chi connectivity index (χ1) is 13.8. The molecule has 2 amide bonds. The second kappa shape index (κ2) is 8.78. The van der Waals surface area contributed by atoms with E-state index in [-0.39, 0.29) is 25.5 Å². The van der Waals surface area contributed by atoms with E-state index in [0.717, 1.165) is 26.9 Å². The molecule has 2 aromatic rings. The van der Waals surface area contributed by atoms with E-state index >= 15 is 0 Å². The van der Waals surface area contributed by atoms with Crippen molar-refractivity contribution in [3.05, 3.63) is 57.6 Å². The number of benzene rings is 2. The number of hydrogen-bond donors (Lipinski definition) is 1. The number of nitrogens with zero attached hydrogens (tertiary/aromatic N) is 1. The normalized spacial score (nSPS) is 16.1. The molecule has 1 N–H and O–H groups in total. The first kappa shape index (κ1) is 21.0. The van der Waals surface area contributed by atoms with E-state index in [2.05, 4.69) is 21.2 Å². The Morgan fingerprint density at radius 2 is 1.79 bits per heavy atom. The van der Waals surface area contributed by atoms with E-state index in [0.29, 0.717) is 5.69 Å². The van der Waals surface area contributed by atoms with Gasteiger partial charge in [-0.3, -0.25) is 14.4 Å². The van der Waals surface area contributed by atoms with E-state index in [4.69, 9.17) is 4.74 Å². The predicted molar refractivity (Wildman–Crippen MR) is 115 cm³/mol. The lowest BCUT2D eigenvalue weighted by molar-refractivity contribution is -0.151. The van der Waals surface area contributed by atoms with Gasteiger partial charge in [-0.15, -0.1) is 0 Å². The number of rotatable bonds is 5. The van der Waals surface area contributed by atoms with Gasteiger partial charge in [0.25, 0.3) is 5.91 Å². The average molecular weight is 459 g/mol. The lowest BCUT2D eigenvalue weighted by atomic mass is 10.1. The Balaban J connectivity index is 1.57. The molecule has 1 aliphatic heterocycles. The summed E-state index contributed by atoms with van der Waals surface area (Å²) < 4.78 is 6.12. The first-order valence-electron chi connectivity index (χ1n) is 9.35. The maximum absolute atomic E-state index is 12.4. The van der Waals surface area contributed by atoms with Gasteiger partial charge in [0, 0.05) is 28.8 Å². The van der Waals surface area contributed by atoms with Crippen LogP contribution in [0.5, 0.6) is 0 Å². The Morgan fingerprint density at radius 3 is 2.45 bits per heavy atom. The highest BCUT2D eigenvalue weighted by Gasteiger charge is 2.36. The second-order valence-corrected chi connectivity index (χ2v) is 8.18. The Morgan fingerprint density at radius 1 is 1.14 bits per heavy atom. The van der Waals surface area contributed by atoms with Crippen LogP contribution in [-0.4, -0.2) is 30.9 Å². The molecular weight excluding hydrogens is 436 g/mol. The highest BCUT2D eigenvalue weighted by atomic mass is 79.9. The monoisotopic (exact) mass is 458 g/mol. The average Bonchev–Trinajstić information content (AvgIpc) is 3.04. The molecule has 152 valence electrons. The largest absolute Gasteiger partial charge is 0.455 e. The molecule has 1 heterocycles. The Hall–Kier alpha value is -2.67. The fourth-order valence-corrected chi connectivity index (χ4v) is 4.19. The Bertz CT molecular complexity index is 950. The molecule has 0 aromatic heterocycles. The van der Waals surface area contributed by atoms with Crippen molar-refractivity contribution in [2.75, 3.05) is 23.4 Å². The second-order valence-electron chi connectivity index (χ2n) is 7.26. The van der Waals surface area contributed by atoms with Gasteiger partial charge in [0.1, 0.15) is 0 Å². The van der Waals surface area contributed by atoms with Crippen molar-refractivity contribution in [3.63, 3.8) is 0 Å². The molecular formula is C22H23BrN2O4. The number of carbonyl (C=O) groups is 3. The van der Waals surface area contributed by atoms with E-state index < -0.39 is 17.8 Å². The molecule has 7 heteroatoms. The van der Waals surface area contributed by atoms with Gasteiger partial charge in [-0.1, -0.05) is 34.1 Å². The zero-order valence-electron chi connectivity index (χ0n) is 16.6. The first-order valence-corrected chi connectivity index (χ1v) is 10.1. The maximum atomic E-state index is 12.4. The summed E-state index contributed by atoms with van der Waals surface area (Å²) in [7, 11) is 0. The van der Waals surface area contributed by atoms with Crippen LogP contribution in [0.3, 0.4) is 0 Å². The summed E-state index contributed by atoms with van der Waals surface area (Å²) in [5, 5.41) is 2.79. The number of esters is 1. The molecule has 1 unspecified atom stereocenters. The molecule has 1 atom stereocenters. The van der Waals surface area contributed by atoms with E-state index in [9.17, 15) is 14.4 Å². The quantitative estimate of drug-likeness (QED) is 0.689. The van der Waals surface area contributed by atoms with E-state index in [1.807, 2.05) is 57.2 Å². The molecule has 0 bridgehead atoms. The van der Waals surface area contributed by atoms with Gasteiger partial charge >= 0.3 is 5.97 Å². The van der Waals surface area contributed by atoms with Crippen LogP contribution in [0.1, 0.15) is 23.1 Å². The summed E-state index contributed by atoms with van der Waals surface area (Å²) in [5.41, 5.74) is 4.29. The van der Waals surface area contributed by atoms with Gasteiger partial charge in [0.05, 0.1) is 5.92 Å². The third kappa shape index (κ3) is 4.85. The minimum atomic E-state index is -0.578. The molecule has 0 spiro atoms. The topological polar surface area (TPSA) is 75.7 Å². The van der Waals surface area contributed by atoms with Crippen molar-refractivity contribution in [3.8, 4) is 0 Å². The van der Waals surface area contributed by atoms with Crippen LogP contribution >= 0.6 is 15.9 Å². The minimum absolute atomic E-state index is 0.0831. The van der Waals surface area contributed by atoms with Crippen molar-refractivity contribution < 1.29 is 19.1 Å². The predicted octanol–water partition coefficient (Wildman–Crippen LogP) is 3.91. The smallest absolute Gasteiger partial charge is 0.311 e. The van der Waals surface area contributed by atoms with E-state index in [1.54, 1.807) is 4.90 Å². The third-order valence-electron chi connectivity index (χ3n) is 4.97. The molecule has 0 saturated carbocycles. The summed E-state index contributed by atoms with van der Waals surface area (Å²) in [6.45, 7) is 5.58. The minimum Gasteiger partial charge on any atom is -0.455 e. The van der Waals surface area contributed by atoms with Crippen LogP contribution < -0.4 is 10.2 Å². The number of aryl methyl sites for hydroxylation is 3. The van der Waals surface area contributed by atoms with Crippen LogP contribution in [0.4, 0.5) is 11.4 Å². The number of anilines is 2. The standard InChI is InChI=1S/C22H23BrN2O4/c1-13-6-4-5-7-18(13)25-11-16(10-20(25)27)22(28)29-12-19(26)24-21-14(2)8-17(23)9-15(21)3/h4-9,16H,10-12H2,1-3H3,(H,24,26). The fraction of sp³-hybridized carbons (Fsp3) is 0.318. The molecule has 2 aromatic carbocycles. The van der Waals surface area contributed by atoms with Crippen LogP contribution in [0.15, 0.2) is 40.9 Å². The van der Waals surface area contributed by atoms with Gasteiger partial charge in [-0.05, 0) is 55.7 Å². The number of amides is 2. The van der Waals surface area contributed by atoms with Crippen molar-refractivity contribution in [2.45, 2.75) is 27.2 Å². The summed E-state index contributed by atoms with van der Waals surface area (Å²) in [4.78, 5) is 38.6. The van der Waals surface area contributed by atoms with Crippen molar-refractivity contribution in [1.29, 1.82) is 0 Å². The maximum Gasteiger partial charge on any atom is 0.311 e. The van der Waals surface area contributed by atoms with Crippen LogP contribution in [0.2, 0.25) is 0 Å². The zero-order valence-corrected chi connectivity index (χ0v) is 18.2. The highest BCUT2D eigenvalue weighted by Crippen LogP contribution is 2.28. The van der Waals surface area contributed by atoms with Crippen molar-refractivity contribution in [2.24, 2.45) is 5.92 Å². The van der Waals surface area contributed by atoms with Crippen LogP contribution in [0, 0.1) is 26.7 Å². The van der Waals surface area contributed by atoms with Gasteiger partial charge in [-0.25, -0.2) is 0 Å². The summed E-state index contributed by atoms with van der Waals surface area (Å²) in [6, 6.07) is 11.3. The van der Waals surface area contributed by atoms with E-state index in [1.165, 1.54) is 0 Å². The lowest BCUT2D eigenvalue weighted by Crippen LogP contribution is -2.28. The van der Waals surface area contributed by atoms with Gasteiger partial charge in [-0.2, -0.15) is 0 Å². The number of carbonyl (C=O) groups excluding carboxylic acids is 3. The van der Waals surface area contributed by atoms with Crippen LogP contribution in [0.25, 0.3) is 0 Å². The molecule has 29 heavy (non-hydrogen) atoms. The number of ether oxygens (including phenoxy) is 1. The number of nitrogens with one attached hydrogen (secondary N) is 1. The zero-order chi connectivity index (χ0) is 21.1. The molecule has 1 saturated heterocycles. The van der Waals surface area contributed by atoms with Gasteiger partial charge < -0.3 is 15.0 Å². The molecule has 3 rings (SSSR count). The van der Waals surface area contributed by atoms with Crippen LogP contribution in [-0.2, 0) is 19.1 Å².